The Labute approximate surface area is 219 Å². The van der Waals surface area contributed by atoms with Gasteiger partial charge in [-0.1, -0.05) is 91.0 Å². The smallest absolute Gasteiger partial charge is 0.249 e. The molecule has 3 aromatic rings. The van der Waals surface area contributed by atoms with Crippen molar-refractivity contribution in [2.45, 2.75) is 37.8 Å². The number of carbonyl (C=O) groups is 3. The first kappa shape index (κ1) is 26.3. The second kappa shape index (κ2) is 12.0. The van der Waals surface area contributed by atoms with E-state index in [9.17, 15) is 14.4 Å². The van der Waals surface area contributed by atoms with Gasteiger partial charge in [0.25, 0.3) is 0 Å². The number of amides is 2. The first-order valence-corrected chi connectivity index (χ1v) is 12.8. The molecule has 1 N–H and O–H groups in total. The molecule has 1 atom stereocenters. The molecular formula is C31H35N3O3. The van der Waals surface area contributed by atoms with Crippen LogP contribution >= 0.6 is 0 Å². The number of nitrogens with one attached hydrogen (secondary N) is 1. The molecule has 1 heterocycles. The topological polar surface area (TPSA) is 69.7 Å². The summed E-state index contributed by atoms with van der Waals surface area (Å²) in [5.74, 6) is -0.203. The maximum absolute atomic E-state index is 13.5. The van der Waals surface area contributed by atoms with Crippen LogP contribution in [0.5, 0.6) is 0 Å². The lowest BCUT2D eigenvalue weighted by Gasteiger charge is -2.40. The number of likely N-dealkylation sites (tertiary alicyclic amines) is 1. The molecule has 1 saturated heterocycles. The Balaban J connectivity index is 1.41. The van der Waals surface area contributed by atoms with Gasteiger partial charge in [-0.15, -0.1) is 0 Å². The van der Waals surface area contributed by atoms with Crippen molar-refractivity contribution in [1.29, 1.82) is 0 Å². The SMILES string of the molecule is CC(=O)C1(c2ccccc2)CCN(CC(=O)N[C@H](C(=O)N(C)Cc2ccccc2)c2ccccc2)CC1. The van der Waals surface area contributed by atoms with Crippen LogP contribution in [0.15, 0.2) is 91.0 Å². The van der Waals surface area contributed by atoms with E-state index in [0.717, 1.165) is 16.7 Å². The van der Waals surface area contributed by atoms with Crippen molar-refractivity contribution in [3.8, 4) is 0 Å². The molecule has 0 radical (unpaired) electrons. The van der Waals surface area contributed by atoms with Crippen molar-refractivity contribution in [2.24, 2.45) is 0 Å². The number of hydrogen-bond acceptors (Lipinski definition) is 4. The highest BCUT2D eigenvalue weighted by molar-refractivity contribution is 5.90. The minimum absolute atomic E-state index is 0.165. The van der Waals surface area contributed by atoms with Gasteiger partial charge in [0.1, 0.15) is 11.8 Å². The van der Waals surface area contributed by atoms with Gasteiger partial charge < -0.3 is 10.2 Å². The van der Waals surface area contributed by atoms with E-state index in [2.05, 4.69) is 10.2 Å². The maximum Gasteiger partial charge on any atom is 0.249 e. The number of nitrogens with zero attached hydrogens (tertiary/aromatic N) is 2. The molecule has 6 heteroatoms. The van der Waals surface area contributed by atoms with Crippen LogP contribution in [0.2, 0.25) is 0 Å². The number of rotatable bonds is 9. The van der Waals surface area contributed by atoms with E-state index in [-0.39, 0.29) is 24.1 Å². The fourth-order valence-electron chi connectivity index (χ4n) is 5.19. The number of benzene rings is 3. The summed E-state index contributed by atoms with van der Waals surface area (Å²) in [7, 11) is 1.76. The van der Waals surface area contributed by atoms with Gasteiger partial charge in [0.05, 0.1) is 12.0 Å². The molecule has 37 heavy (non-hydrogen) atoms. The number of ketones is 1. The zero-order valence-corrected chi connectivity index (χ0v) is 21.6. The van der Waals surface area contributed by atoms with Crippen LogP contribution in [-0.2, 0) is 26.3 Å². The number of hydrogen-bond donors (Lipinski definition) is 1. The average Bonchev–Trinajstić information content (AvgIpc) is 2.93. The fourth-order valence-corrected chi connectivity index (χ4v) is 5.19. The highest BCUT2D eigenvalue weighted by Crippen LogP contribution is 2.36. The number of likely N-dealkylation sites (N-methyl/N-ethyl adjacent to an activating group) is 1. The van der Waals surface area contributed by atoms with Crippen LogP contribution in [0.25, 0.3) is 0 Å². The average molecular weight is 498 g/mol. The van der Waals surface area contributed by atoms with Crippen molar-refractivity contribution in [1.82, 2.24) is 15.1 Å². The summed E-state index contributed by atoms with van der Waals surface area (Å²) in [5, 5.41) is 2.98. The number of Topliss-reactive ketones (excluding diaryl/α,β-unsaturated/α-hetero) is 1. The van der Waals surface area contributed by atoms with Crippen molar-refractivity contribution in [3.05, 3.63) is 108 Å². The Morgan fingerprint density at radius 3 is 1.97 bits per heavy atom. The quantitative estimate of drug-likeness (QED) is 0.483. The predicted molar refractivity (Wildman–Crippen MR) is 145 cm³/mol. The standard InChI is InChI=1S/C31H35N3O3/c1-24(35)31(27-16-10-5-11-17-27)18-20-34(21-19-31)23-28(36)32-29(26-14-8-4-9-15-26)30(37)33(2)22-25-12-6-3-7-13-25/h3-17,29H,18-23H2,1-2H3,(H,32,36)/t29-/m0/s1. The molecule has 0 bridgehead atoms. The van der Waals surface area contributed by atoms with Crippen LogP contribution in [0.3, 0.4) is 0 Å². The molecule has 1 aliphatic heterocycles. The Kier molecular flexibility index (Phi) is 8.51. The summed E-state index contributed by atoms with van der Waals surface area (Å²) in [6, 6.07) is 28.3. The minimum atomic E-state index is -0.771. The third-order valence-corrected chi connectivity index (χ3v) is 7.40. The Morgan fingerprint density at radius 1 is 0.865 bits per heavy atom. The zero-order chi connectivity index (χ0) is 26.3. The van der Waals surface area contributed by atoms with Gasteiger partial charge in [0.15, 0.2) is 0 Å². The summed E-state index contributed by atoms with van der Waals surface area (Å²) in [6.07, 6.45) is 1.33. The third kappa shape index (κ3) is 6.33. The van der Waals surface area contributed by atoms with Gasteiger partial charge in [-0.3, -0.25) is 19.3 Å². The summed E-state index contributed by atoms with van der Waals surface area (Å²) in [4.78, 5) is 43.0. The molecular weight excluding hydrogens is 462 g/mol. The molecule has 1 aliphatic rings. The largest absolute Gasteiger partial charge is 0.339 e. The van der Waals surface area contributed by atoms with E-state index < -0.39 is 11.5 Å². The Bertz CT molecular complexity index is 1190. The van der Waals surface area contributed by atoms with Crippen molar-refractivity contribution < 1.29 is 14.4 Å². The number of piperidine rings is 1. The van der Waals surface area contributed by atoms with Crippen LogP contribution in [0, 0.1) is 0 Å². The molecule has 0 saturated carbocycles. The molecule has 3 aromatic carbocycles. The predicted octanol–water partition coefficient (Wildman–Crippen LogP) is 4.13. The Hall–Kier alpha value is -3.77. The normalized spacial score (nSPS) is 15.9. The van der Waals surface area contributed by atoms with Crippen molar-refractivity contribution in [2.75, 3.05) is 26.7 Å². The van der Waals surface area contributed by atoms with E-state index in [1.165, 1.54) is 0 Å². The van der Waals surface area contributed by atoms with Crippen molar-refractivity contribution >= 4 is 17.6 Å². The van der Waals surface area contributed by atoms with Crippen molar-refractivity contribution in [3.63, 3.8) is 0 Å². The second-order valence-corrected chi connectivity index (χ2v) is 9.87. The van der Waals surface area contributed by atoms with Crippen LogP contribution < -0.4 is 5.32 Å². The van der Waals surface area contributed by atoms with Crippen LogP contribution in [0.4, 0.5) is 0 Å². The fraction of sp³-hybridized carbons (Fsp3) is 0.323. The van der Waals surface area contributed by atoms with E-state index >= 15 is 0 Å². The third-order valence-electron chi connectivity index (χ3n) is 7.40. The lowest BCUT2D eigenvalue weighted by molar-refractivity contribution is -0.136. The van der Waals surface area contributed by atoms with Gasteiger partial charge >= 0.3 is 0 Å². The lowest BCUT2D eigenvalue weighted by atomic mass is 9.70. The lowest BCUT2D eigenvalue weighted by Crippen LogP contribution is -2.50. The van der Waals surface area contributed by atoms with E-state index in [0.29, 0.717) is 32.5 Å². The Morgan fingerprint density at radius 2 is 1.41 bits per heavy atom. The van der Waals surface area contributed by atoms with Gasteiger partial charge in [0.2, 0.25) is 11.8 Å². The first-order valence-electron chi connectivity index (χ1n) is 12.8. The van der Waals surface area contributed by atoms with Gasteiger partial charge in [-0.05, 0) is 49.5 Å². The molecule has 2 amide bonds. The molecule has 4 rings (SSSR count). The molecule has 1 fully saturated rings. The zero-order valence-electron chi connectivity index (χ0n) is 21.6. The summed E-state index contributed by atoms with van der Waals surface area (Å²) >= 11 is 0. The van der Waals surface area contributed by atoms with Crippen LogP contribution in [0.1, 0.15) is 42.5 Å². The molecule has 6 nitrogen and oxygen atoms in total. The molecule has 0 aliphatic carbocycles. The second-order valence-electron chi connectivity index (χ2n) is 9.87. The minimum Gasteiger partial charge on any atom is -0.339 e. The molecule has 0 unspecified atom stereocenters. The first-order chi connectivity index (χ1) is 17.9. The number of carbonyl (C=O) groups excluding carboxylic acids is 3. The monoisotopic (exact) mass is 497 g/mol. The van der Waals surface area contributed by atoms with E-state index in [4.69, 9.17) is 0 Å². The summed E-state index contributed by atoms with van der Waals surface area (Å²) < 4.78 is 0. The maximum atomic E-state index is 13.5. The van der Waals surface area contributed by atoms with E-state index in [1.54, 1.807) is 18.9 Å². The highest BCUT2D eigenvalue weighted by atomic mass is 16.2. The van der Waals surface area contributed by atoms with E-state index in [1.807, 2.05) is 91.0 Å². The summed E-state index contributed by atoms with van der Waals surface area (Å²) in [5.41, 5.74) is 2.32. The van der Waals surface area contributed by atoms with Crippen LogP contribution in [-0.4, -0.2) is 54.1 Å². The van der Waals surface area contributed by atoms with Gasteiger partial charge in [-0.2, -0.15) is 0 Å². The molecule has 192 valence electrons. The van der Waals surface area contributed by atoms with Gasteiger partial charge in [0, 0.05) is 13.6 Å². The van der Waals surface area contributed by atoms with Gasteiger partial charge in [-0.25, -0.2) is 0 Å². The molecule has 0 aromatic heterocycles. The highest BCUT2D eigenvalue weighted by Gasteiger charge is 2.40. The summed E-state index contributed by atoms with van der Waals surface area (Å²) in [6.45, 7) is 3.58. The molecule has 0 spiro atoms.